The van der Waals surface area contributed by atoms with Crippen molar-refractivity contribution in [3.05, 3.63) is 0 Å². The largest absolute Gasteiger partial charge is 0.389 e. The summed E-state index contributed by atoms with van der Waals surface area (Å²) < 4.78 is 41.9. The van der Waals surface area contributed by atoms with Crippen LogP contribution in [0.4, 0.5) is 13.2 Å². The average molecular weight is 279 g/mol. The second kappa shape index (κ2) is 6.44. The Hall–Kier alpha value is -0.290. The van der Waals surface area contributed by atoms with Gasteiger partial charge in [-0.25, -0.2) is 0 Å². The smallest absolute Gasteiger partial charge is 0.370 e. The molecule has 0 aromatic rings. The minimum absolute atomic E-state index is 0.155. The highest BCUT2D eigenvalue weighted by atomic mass is 19.4. The zero-order valence-electron chi connectivity index (χ0n) is 11.4. The third kappa shape index (κ3) is 4.95. The molecule has 0 bridgehead atoms. The fourth-order valence-electron chi connectivity index (χ4n) is 3.26. The Morgan fingerprint density at radius 3 is 2.53 bits per heavy atom. The zero-order valence-corrected chi connectivity index (χ0v) is 11.4. The molecule has 0 aromatic heterocycles. The van der Waals surface area contributed by atoms with Crippen molar-refractivity contribution in [3.8, 4) is 0 Å². The summed E-state index contributed by atoms with van der Waals surface area (Å²) in [5.41, 5.74) is 0.155. The molecule has 2 aliphatic rings. The molecule has 2 nitrogen and oxygen atoms in total. The van der Waals surface area contributed by atoms with E-state index in [2.05, 4.69) is 5.32 Å². The van der Waals surface area contributed by atoms with E-state index >= 15 is 0 Å². The van der Waals surface area contributed by atoms with Gasteiger partial charge in [-0.15, -0.1) is 0 Å². The molecule has 5 heteroatoms. The van der Waals surface area contributed by atoms with Crippen molar-refractivity contribution >= 4 is 0 Å². The topological polar surface area (TPSA) is 21.3 Å². The maximum atomic E-state index is 11.9. The molecule has 1 aliphatic heterocycles. The number of ether oxygens (including phenoxy) is 1. The van der Waals surface area contributed by atoms with E-state index in [0.29, 0.717) is 13.0 Å². The zero-order chi connectivity index (χ0) is 13.8. The van der Waals surface area contributed by atoms with Crippen molar-refractivity contribution in [1.29, 1.82) is 0 Å². The number of unbranched alkanes of at least 4 members (excludes halogenated alkanes) is 1. The highest BCUT2D eigenvalue weighted by Gasteiger charge is 2.41. The Morgan fingerprint density at radius 1 is 1.11 bits per heavy atom. The van der Waals surface area contributed by atoms with Crippen molar-refractivity contribution in [2.75, 3.05) is 13.1 Å². The molecule has 0 aromatic carbocycles. The lowest BCUT2D eigenvalue weighted by Crippen LogP contribution is -2.31. The highest BCUT2D eigenvalue weighted by Crippen LogP contribution is 2.43. The van der Waals surface area contributed by atoms with Crippen LogP contribution < -0.4 is 5.32 Å². The molecule has 112 valence electrons. The molecule has 19 heavy (non-hydrogen) atoms. The van der Waals surface area contributed by atoms with Crippen LogP contribution in [0.2, 0.25) is 0 Å². The van der Waals surface area contributed by atoms with E-state index in [9.17, 15) is 13.2 Å². The van der Waals surface area contributed by atoms with Gasteiger partial charge in [-0.3, -0.25) is 0 Å². The third-order valence-electron chi connectivity index (χ3n) is 4.29. The average Bonchev–Trinajstić information content (AvgIpc) is 2.94. The lowest BCUT2D eigenvalue weighted by molar-refractivity contribution is -0.135. The summed E-state index contributed by atoms with van der Waals surface area (Å²) in [5.74, 6) is 0. The summed E-state index contributed by atoms with van der Waals surface area (Å²) in [6, 6.07) is 0. The van der Waals surface area contributed by atoms with E-state index in [0.717, 1.165) is 19.4 Å². The van der Waals surface area contributed by atoms with Crippen LogP contribution in [-0.2, 0) is 4.74 Å². The maximum Gasteiger partial charge on any atom is 0.389 e. The minimum Gasteiger partial charge on any atom is -0.370 e. The normalized spacial score (nSPS) is 26.4. The van der Waals surface area contributed by atoms with Crippen LogP contribution in [0.1, 0.15) is 57.8 Å². The van der Waals surface area contributed by atoms with Gasteiger partial charge >= 0.3 is 6.18 Å². The van der Waals surface area contributed by atoms with Crippen molar-refractivity contribution in [2.45, 2.75) is 75.7 Å². The van der Waals surface area contributed by atoms with E-state index < -0.39 is 12.6 Å². The first kappa shape index (κ1) is 15.1. The van der Waals surface area contributed by atoms with Crippen LogP contribution in [0, 0.1) is 0 Å². The molecule has 1 atom stereocenters. The molecule has 0 amide bonds. The molecular weight excluding hydrogens is 255 g/mol. The molecule has 1 aliphatic carbocycles. The van der Waals surface area contributed by atoms with Gasteiger partial charge in [-0.1, -0.05) is 12.8 Å². The number of hydrogen-bond acceptors (Lipinski definition) is 2. The SMILES string of the molecule is FC(F)(F)CCCCNCC1CCC2(CCCC2)O1. The highest BCUT2D eigenvalue weighted by molar-refractivity contribution is 4.93. The van der Waals surface area contributed by atoms with Gasteiger partial charge in [-0.05, 0) is 45.1 Å². The standard InChI is InChI=1S/C14H24F3NO/c15-14(16,17)8-3-4-10-18-11-12-5-9-13(19-12)6-1-2-7-13/h12,18H,1-11H2. The molecule has 1 N–H and O–H groups in total. The summed E-state index contributed by atoms with van der Waals surface area (Å²) in [5, 5.41) is 3.23. The van der Waals surface area contributed by atoms with Crippen LogP contribution in [0.25, 0.3) is 0 Å². The van der Waals surface area contributed by atoms with Gasteiger partial charge in [-0.2, -0.15) is 13.2 Å². The summed E-state index contributed by atoms with van der Waals surface area (Å²) in [7, 11) is 0. The Labute approximate surface area is 113 Å². The molecule has 2 fully saturated rings. The van der Waals surface area contributed by atoms with Crippen LogP contribution in [0.15, 0.2) is 0 Å². The molecular formula is C14H24F3NO. The van der Waals surface area contributed by atoms with E-state index in [1.807, 2.05) is 0 Å². The monoisotopic (exact) mass is 279 g/mol. The first-order chi connectivity index (χ1) is 8.99. The Morgan fingerprint density at radius 2 is 1.84 bits per heavy atom. The Kier molecular flexibility index (Phi) is 5.12. The van der Waals surface area contributed by atoms with Crippen LogP contribution in [0.3, 0.4) is 0 Å². The van der Waals surface area contributed by atoms with Gasteiger partial charge in [0, 0.05) is 13.0 Å². The van der Waals surface area contributed by atoms with Crippen molar-refractivity contribution in [2.24, 2.45) is 0 Å². The van der Waals surface area contributed by atoms with Gasteiger partial charge in [0.25, 0.3) is 0 Å². The van der Waals surface area contributed by atoms with Crippen LogP contribution in [-0.4, -0.2) is 31.0 Å². The number of halogens is 3. The van der Waals surface area contributed by atoms with Crippen LogP contribution in [0.5, 0.6) is 0 Å². The third-order valence-corrected chi connectivity index (χ3v) is 4.29. The van der Waals surface area contributed by atoms with E-state index in [1.54, 1.807) is 0 Å². The fraction of sp³-hybridized carbons (Fsp3) is 1.00. The van der Waals surface area contributed by atoms with E-state index in [1.165, 1.54) is 25.7 Å². The minimum atomic E-state index is -4.01. The Balaban J connectivity index is 1.50. The van der Waals surface area contributed by atoms with Gasteiger partial charge in [0.1, 0.15) is 0 Å². The van der Waals surface area contributed by atoms with Crippen LogP contribution >= 0.6 is 0 Å². The van der Waals surface area contributed by atoms with Gasteiger partial charge in [0.15, 0.2) is 0 Å². The number of alkyl halides is 3. The van der Waals surface area contributed by atoms with Crippen molar-refractivity contribution in [3.63, 3.8) is 0 Å². The predicted octanol–water partition coefficient (Wildman–Crippen LogP) is 3.80. The summed E-state index contributed by atoms with van der Waals surface area (Å²) in [4.78, 5) is 0. The Bertz CT molecular complexity index is 274. The molecule has 1 unspecified atom stereocenters. The van der Waals surface area contributed by atoms with E-state index in [-0.39, 0.29) is 18.1 Å². The van der Waals surface area contributed by atoms with Gasteiger partial charge in [0.2, 0.25) is 0 Å². The molecule has 2 rings (SSSR count). The molecule has 1 heterocycles. The summed E-state index contributed by atoms with van der Waals surface area (Å²) >= 11 is 0. The van der Waals surface area contributed by atoms with Gasteiger partial charge < -0.3 is 10.1 Å². The second-order valence-electron chi connectivity index (χ2n) is 5.95. The predicted molar refractivity (Wildman–Crippen MR) is 68.1 cm³/mol. The van der Waals surface area contributed by atoms with Crippen molar-refractivity contribution in [1.82, 2.24) is 5.32 Å². The molecule has 1 spiro atoms. The first-order valence-electron chi connectivity index (χ1n) is 7.44. The maximum absolute atomic E-state index is 11.9. The lowest BCUT2D eigenvalue weighted by atomic mass is 9.98. The van der Waals surface area contributed by atoms with Crippen molar-refractivity contribution < 1.29 is 17.9 Å². The molecule has 0 radical (unpaired) electrons. The van der Waals surface area contributed by atoms with Gasteiger partial charge in [0.05, 0.1) is 11.7 Å². The number of nitrogens with one attached hydrogen (secondary N) is 1. The summed E-state index contributed by atoms with van der Waals surface area (Å²) in [6.07, 6.45) is 3.56. The summed E-state index contributed by atoms with van der Waals surface area (Å²) in [6.45, 7) is 1.44. The lowest BCUT2D eigenvalue weighted by Gasteiger charge is -2.23. The number of rotatable bonds is 6. The molecule has 1 saturated heterocycles. The molecule has 1 saturated carbocycles. The number of hydrogen-bond donors (Lipinski definition) is 1. The van der Waals surface area contributed by atoms with E-state index in [4.69, 9.17) is 4.74 Å². The quantitative estimate of drug-likeness (QED) is 0.747. The first-order valence-corrected chi connectivity index (χ1v) is 7.44. The fourth-order valence-corrected chi connectivity index (χ4v) is 3.26. The second-order valence-corrected chi connectivity index (χ2v) is 5.95.